The number of methoxy groups -OCH3 is 1. The van der Waals surface area contributed by atoms with Crippen molar-refractivity contribution < 1.29 is 4.74 Å². The molecule has 0 bridgehead atoms. The summed E-state index contributed by atoms with van der Waals surface area (Å²) in [4.78, 5) is 8.60. The van der Waals surface area contributed by atoms with Crippen LogP contribution in [0.2, 0.25) is 0 Å². The minimum Gasteiger partial charge on any atom is -0.383 e. The van der Waals surface area contributed by atoms with Crippen molar-refractivity contribution in [2.45, 2.75) is 36.8 Å². The Morgan fingerprint density at radius 1 is 1.25 bits per heavy atom. The molecule has 1 fully saturated rings. The molecule has 2 N–H and O–H groups in total. The zero-order valence-electron chi connectivity index (χ0n) is 17.5. The van der Waals surface area contributed by atoms with Crippen molar-refractivity contribution >= 4 is 41.7 Å². The third kappa shape index (κ3) is 10.3. The monoisotopic (exact) mass is 520 g/mol. The minimum absolute atomic E-state index is 0. The maximum Gasteiger partial charge on any atom is 0.191 e. The zero-order valence-corrected chi connectivity index (χ0v) is 20.7. The van der Waals surface area contributed by atoms with Crippen LogP contribution in [-0.2, 0) is 4.74 Å². The Morgan fingerprint density at radius 3 is 2.61 bits per heavy atom. The van der Waals surface area contributed by atoms with E-state index in [0.29, 0.717) is 5.25 Å². The predicted molar refractivity (Wildman–Crippen MR) is 132 cm³/mol. The van der Waals surface area contributed by atoms with E-state index in [-0.39, 0.29) is 24.0 Å². The zero-order chi connectivity index (χ0) is 19.3. The predicted octanol–water partition coefficient (Wildman–Crippen LogP) is 3.70. The molecular weight excluding hydrogens is 483 g/mol. The number of aliphatic imine (C=N–C) groups is 1. The molecule has 7 heteroatoms. The van der Waals surface area contributed by atoms with E-state index in [2.05, 4.69) is 59.7 Å². The largest absolute Gasteiger partial charge is 0.383 e. The molecule has 0 aromatic heterocycles. The molecule has 28 heavy (non-hydrogen) atoms. The average Bonchev–Trinajstić information content (AvgIpc) is 2.70. The lowest BCUT2D eigenvalue weighted by molar-refractivity contribution is 0.121. The molecule has 0 amide bonds. The number of benzene rings is 1. The Hall–Kier alpha value is -0.510. The van der Waals surface area contributed by atoms with Gasteiger partial charge in [-0.2, -0.15) is 0 Å². The molecule has 1 aromatic rings. The van der Waals surface area contributed by atoms with Gasteiger partial charge in [-0.15, -0.1) is 35.7 Å². The molecule has 1 saturated heterocycles. The number of piperidine rings is 1. The molecule has 1 atom stereocenters. The van der Waals surface area contributed by atoms with Crippen molar-refractivity contribution in [1.82, 2.24) is 15.5 Å². The summed E-state index contributed by atoms with van der Waals surface area (Å²) in [5.41, 5.74) is 0. The van der Waals surface area contributed by atoms with Crippen LogP contribution < -0.4 is 10.6 Å². The van der Waals surface area contributed by atoms with Crippen LogP contribution >= 0.6 is 35.7 Å². The highest BCUT2D eigenvalue weighted by Crippen LogP contribution is 2.22. The highest BCUT2D eigenvalue weighted by Gasteiger charge is 2.19. The van der Waals surface area contributed by atoms with E-state index in [4.69, 9.17) is 9.73 Å². The average molecular weight is 521 g/mol. The number of nitrogens with one attached hydrogen (secondary N) is 2. The summed E-state index contributed by atoms with van der Waals surface area (Å²) in [7, 11) is 1.78. The lowest BCUT2D eigenvalue weighted by Crippen LogP contribution is -2.43. The molecule has 1 aliphatic heterocycles. The fourth-order valence-corrected chi connectivity index (χ4v) is 4.13. The first-order valence-corrected chi connectivity index (χ1v) is 11.0. The number of halogens is 1. The number of hydrogen-bond donors (Lipinski definition) is 2. The molecule has 0 saturated carbocycles. The number of rotatable bonds is 10. The molecule has 1 aliphatic rings. The van der Waals surface area contributed by atoms with Gasteiger partial charge < -0.3 is 20.3 Å². The third-order valence-corrected chi connectivity index (χ3v) is 5.90. The Labute approximate surface area is 192 Å². The fraction of sp³-hybridized carbons (Fsp3) is 0.667. The second-order valence-electron chi connectivity index (χ2n) is 7.12. The normalized spacial score (nSPS) is 17.0. The Kier molecular flexibility index (Phi) is 14.0. The van der Waals surface area contributed by atoms with Crippen molar-refractivity contribution in [2.75, 3.05) is 53.0 Å². The molecule has 1 unspecified atom stereocenters. The maximum atomic E-state index is 5.18. The van der Waals surface area contributed by atoms with Crippen molar-refractivity contribution in [1.29, 1.82) is 0 Å². The van der Waals surface area contributed by atoms with E-state index in [1.165, 1.54) is 30.8 Å². The van der Waals surface area contributed by atoms with E-state index in [1.807, 2.05) is 11.8 Å². The summed E-state index contributed by atoms with van der Waals surface area (Å²) in [6.07, 6.45) is 2.49. The quantitative estimate of drug-likeness (QED) is 0.213. The second kappa shape index (κ2) is 15.3. The van der Waals surface area contributed by atoms with Gasteiger partial charge >= 0.3 is 0 Å². The van der Waals surface area contributed by atoms with E-state index < -0.39 is 0 Å². The van der Waals surface area contributed by atoms with Crippen LogP contribution in [0.5, 0.6) is 0 Å². The van der Waals surface area contributed by atoms with Crippen LogP contribution in [0.15, 0.2) is 40.2 Å². The molecule has 160 valence electrons. The molecule has 2 rings (SSSR count). The summed E-state index contributed by atoms with van der Waals surface area (Å²) in [5.74, 6) is 1.67. The van der Waals surface area contributed by atoms with Gasteiger partial charge in [-0.25, -0.2) is 0 Å². The number of guanidine groups is 1. The van der Waals surface area contributed by atoms with E-state index in [0.717, 1.165) is 44.7 Å². The van der Waals surface area contributed by atoms with Crippen molar-refractivity contribution in [3.05, 3.63) is 30.3 Å². The number of thioether (sulfide) groups is 1. The van der Waals surface area contributed by atoms with Crippen LogP contribution in [0.1, 0.15) is 26.7 Å². The number of nitrogens with zero attached hydrogens (tertiary/aromatic N) is 2. The smallest absolute Gasteiger partial charge is 0.191 e. The van der Waals surface area contributed by atoms with Crippen LogP contribution in [-0.4, -0.2) is 69.1 Å². The van der Waals surface area contributed by atoms with Gasteiger partial charge in [-0.05, 0) is 50.9 Å². The fourth-order valence-electron chi connectivity index (χ4n) is 3.21. The van der Waals surface area contributed by atoms with Crippen LogP contribution in [0.3, 0.4) is 0 Å². The first-order chi connectivity index (χ1) is 13.2. The number of hydrogen-bond acceptors (Lipinski definition) is 4. The summed E-state index contributed by atoms with van der Waals surface area (Å²) in [5, 5.41) is 7.39. The van der Waals surface area contributed by atoms with Crippen molar-refractivity contribution in [3.63, 3.8) is 0 Å². The highest BCUT2D eigenvalue weighted by molar-refractivity contribution is 14.0. The number of ether oxygens (including phenoxy) is 1. The minimum atomic E-state index is 0. The molecule has 0 aliphatic carbocycles. The summed E-state index contributed by atoms with van der Waals surface area (Å²) < 4.78 is 5.18. The van der Waals surface area contributed by atoms with Crippen LogP contribution in [0.25, 0.3) is 0 Å². The Balaban J connectivity index is 0.00000392. The lowest BCUT2D eigenvalue weighted by Gasteiger charge is -2.32. The molecule has 0 radical (unpaired) electrons. The molecule has 0 spiro atoms. The molecule has 1 aromatic carbocycles. The first-order valence-electron chi connectivity index (χ1n) is 10.2. The summed E-state index contributed by atoms with van der Waals surface area (Å²) in [6.45, 7) is 11.3. The summed E-state index contributed by atoms with van der Waals surface area (Å²) in [6, 6.07) is 10.6. The van der Waals surface area contributed by atoms with E-state index >= 15 is 0 Å². The van der Waals surface area contributed by atoms with Gasteiger partial charge in [0.15, 0.2) is 5.96 Å². The van der Waals surface area contributed by atoms with Crippen LogP contribution in [0.4, 0.5) is 0 Å². The first kappa shape index (κ1) is 25.5. The van der Waals surface area contributed by atoms with Gasteiger partial charge in [-0.1, -0.05) is 25.1 Å². The topological polar surface area (TPSA) is 48.9 Å². The standard InChI is InChI=1S/C21H36N4OS.HI/c1-4-22-21(23-16-18(2)27-20-8-6-5-7-9-20)24-17-19-10-12-25(13-11-19)14-15-26-3;/h5-9,18-19H,4,10-17H2,1-3H3,(H2,22,23,24);1H. The van der Waals surface area contributed by atoms with Crippen molar-refractivity contribution in [3.8, 4) is 0 Å². The summed E-state index contributed by atoms with van der Waals surface area (Å²) >= 11 is 1.88. The molecular formula is C21H37IN4OS. The third-order valence-electron chi connectivity index (χ3n) is 4.81. The van der Waals surface area contributed by atoms with Gasteiger partial charge in [-0.3, -0.25) is 4.99 Å². The van der Waals surface area contributed by atoms with Crippen LogP contribution in [0, 0.1) is 5.92 Å². The van der Waals surface area contributed by atoms with E-state index in [9.17, 15) is 0 Å². The van der Waals surface area contributed by atoms with Gasteiger partial charge in [0.05, 0.1) is 13.2 Å². The van der Waals surface area contributed by atoms with Gasteiger partial charge in [0.2, 0.25) is 0 Å². The Morgan fingerprint density at radius 2 is 1.96 bits per heavy atom. The Bertz CT molecular complexity index is 538. The number of likely N-dealkylation sites (tertiary alicyclic amines) is 1. The van der Waals surface area contributed by atoms with Gasteiger partial charge in [0.1, 0.15) is 0 Å². The van der Waals surface area contributed by atoms with Gasteiger partial charge in [0, 0.05) is 36.9 Å². The highest BCUT2D eigenvalue weighted by atomic mass is 127. The maximum absolute atomic E-state index is 5.18. The molecule has 1 heterocycles. The second-order valence-corrected chi connectivity index (χ2v) is 8.63. The van der Waals surface area contributed by atoms with Gasteiger partial charge in [0.25, 0.3) is 0 Å². The van der Waals surface area contributed by atoms with E-state index in [1.54, 1.807) is 7.11 Å². The lowest BCUT2D eigenvalue weighted by atomic mass is 9.97. The SMILES string of the molecule is CCNC(=NCC(C)Sc1ccccc1)NCC1CCN(CCOC)CC1.I. The molecule has 5 nitrogen and oxygen atoms in total. The van der Waals surface area contributed by atoms with Crippen molar-refractivity contribution in [2.24, 2.45) is 10.9 Å².